The topological polar surface area (TPSA) is 43.4 Å². The van der Waals surface area contributed by atoms with Crippen LogP contribution in [0, 0.1) is 0 Å². The summed E-state index contributed by atoms with van der Waals surface area (Å²) in [5.74, 6) is 2.74. The fourth-order valence-corrected chi connectivity index (χ4v) is 1.67. The zero-order chi connectivity index (χ0) is 13.5. The smallest absolute Gasteiger partial charge is 0.221 e. The van der Waals surface area contributed by atoms with Crippen molar-refractivity contribution in [2.75, 3.05) is 18.5 Å². The summed E-state index contributed by atoms with van der Waals surface area (Å²) >= 11 is 0. The van der Waals surface area contributed by atoms with Crippen molar-refractivity contribution in [3.63, 3.8) is 0 Å². The van der Waals surface area contributed by atoms with Crippen LogP contribution in [0.25, 0.3) is 0 Å². The van der Waals surface area contributed by atoms with Gasteiger partial charge in [-0.3, -0.25) is 0 Å². The van der Waals surface area contributed by atoms with Crippen LogP contribution >= 0.6 is 0 Å². The van der Waals surface area contributed by atoms with E-state index in [9.17, 15) is 0 Å². The second-order valence-electron chi connectivity index (χ2n) is 3.87. The van der Waals surface area contributed by atoms with E-state index >= 15 is 0 Å². The van der Waals surface area contributed by atoms with Crippen LogP contribution in [0.5, 0.6) is 17.4 Å². The van der Waals surface area contributed by atoms with E-state index in [0.717, 1.165) is 18.1 Å². The summed E-state index contributed by atoms with van der Waals surface area (Å²) in [6.07, 6.45) is 0. The lowest BCUT2D eigenvalue weighted by Gasteiger charge is -2.11. The molecular weight excluding hydrogens is 240 g/mol. The molecule has 0 bridgehead atoms. The average molecular weight is 258 g/mol. The van der Waals surface area contributed by atoms with E-state index in [-0.39, 0.29) is 0 Å². The van der Waals surface area contributed by atoms with Crippen LogP contribution in [0.4, 0.5) is 5.82 Å². The Morgan fingerprint density at radius 1 is 1.00 bits per heavy atom. The van der Waals surface area contributed by atoms with Gasteiger partial charge in [-0.15, -0.1) is 0 Å². The Hall–Kier alpha value is -2.23. The van der Waals surface area contributed by atoms with Gasteiger partial charge in [-0.2, -0.15) is 4.98 Å². The van der Waals surface area contributed by atoms with Gasteiger partial charge in [0, 0.05) is 12.6 Å². The zero-order valence-corrected chi connectivity index (χ0v) is 11.2. The van der Waals surface area contributed by atoms with Crippen LogP contribution in [-0.4, -0.2) is 18.1 Å². The molecule has 0 spiro atoms. The zero-order valence-electron chi connectivity index (χ0n) is 11.2. The van der Waals surface area contributed by atoms with Crippen molar-refractivity contribution in [1.82, 2.24) is 4.98 Å². The van der Waals surface area contributed by atoms with Gasteiger partial charge in [0.2, 0.25) is 5.88 Å². The highest BCUT2D eigenvalue weighted by Crippen LogP contribution is 2.30. The lowest BCUT2D eigenvalue weighted by Crippen LogP contribution is -2.00. The monoisotopic (exact) mass is 258 g/mol. The normalized spacial score (nSPS) is 10.0. The van der Waals surface area contributed by atoms with Crippen molar-refractivity contribution in [3.05, 3.63) is 42.5 Å². The predicted octanol–water partition coefficient (Wildman–Crippen LogP) is 3.70. The molecule has 0 fully saturated rings. The van der Waals surface area contributed by atoms with Gasteiger partial charge in [-0.25, -0.2) is 0 Å². The Morgan fingerprint density at radius 2 is 1.79 bits per heavy atom. The Labute approximate surface area is 113 Å². The molecule has 0 saturated heterocycles. The molecule has 0 radical (unpaired) electrons. The lowest BCUT2D eigenvalue weighted by molar-refractivity contribution is 0.319. The van der Waals surface area contributed by atoms with Gasteiger partial charge in [0.25, 0.3) is 0 Å². The minimum atomic E-state index is 0.547. The van der Waals surface area contributed by atoms with Gasteiger partial charge in [0.05, 0.1) is 6.61 Å². The highest BCUT2D eigenvalue weighted by Gasteiger charge is 2.06. The van der Waals surface area contributed by atoms with Crippen LogP contribution < -0.4 is 14.8 Å². The summed E-state index contributed by atoms with van der Waals surface area (Å²) < 4.78 is 11.3. The third-order valence-electron chi connectivity index (χ3n) is 2.44. The Kier molecular flexibility index (Phi) is 4.61. The number of hydrogen-bond acceptors (Lipinski definition) is 4. The van der Waals surface area contributed by atoms with Crippen LogP contribution in [0.15, 0.2) is 42.5 Å². The number of para-hydroxylation sites is 2. The van der Waals surface area contributed by atoms with Crippen LogP contribution in [0.2, 0.25) is 0 Å². The summed E-state index contributed by atoms with van der Waals surface area (Å²) in [5.41, 5.74) is 0. The molecule has 2 aromatic rings. The van der Waals surface area contributed by atoms with E-state index in [1.165, 1.54) is 0 Å². The first kappa shape index (κ1) is 13.2. The second kappa shape index (κ2) is 6.64. The summed E-state index contributed by atoms with van der Waals surface area (Å²) in [6.45, 7) is 5.40. The molecule has 0 unspecified atom stereocenters. The SMILES string of the molecule is CCNc1cccc(Oc2ccccc2OCC)n1. The standard InChI is InChI=1S/C15H18N2O2/c1-3-16-14-10-7-11-15(17-14)19-13-9-6-5-8-12(13)18-4-2/h5-11H,3-4H2,1-2H3,(H,16,17). The van der Waals surface area contributed by atoms with Crippen LogP contribution in [0.3, 0.4) is 0 Å². The molecule has 1 aromatic carbocycles. The predicted molar refractivity (Wildman–Crippen MR) is 76.1 cm³/mol. The average Bonchev–Trinajstić information content (AvgIpc) is 2.42. The van der Waals surface area contributed by atoms with Gasteiger partial charge in [-0.05, 0) is 32.0 Å². The van der Waals surface area contributed by atoms with E-state index in [0.29, 0.717) is 18.2 Å². The van der Waals surface area contributed by atoms with E-state index < -0.39 is 0 Å². The Morgan fingerprint density at radius 3 is 2.53 bits per heavy atom. The molecule has 1 aromatic heterocycles. The third kappa shape index (κ3) is 3.61. The Bertz CT molecular complexity index is 529. The summed E-state index contributed by atoms with van der Waals surface area (Å²) in [4.78, 5) is 4.37. The van der Waals surface area contributed by atoms with Gasteiger partial charge < -0.3 is 14.8 Å². The van der Waals surface area contributed by atoms with E-state index in [1.54, 1.807) is 0 Å². The first-order valence-corrected chi connectivity index (χ1v) is 6.44. The molecule has 1 N–H and O–H groups in total. The van der Waals surface area contributed by atoms with E-state index in [2.05, 4.69) is 10.3 Å². The maximum Gasteiger partial charge on any atom is 0.221 e. The molecule has 0 aliphatic heterocycles. The fourth-order valence-electron chi connectivity index (χ4n) is 1.67. The first-order chi connectivity index (χ1) is 9.33. The molecule has 4 nitrogen and oxygen atoms in total. The van der Waals surface area contributed by atoms with Gasteiger partial charge in [-0.1, -0.05) is 18.2 Å². The number of anilines is 1. The van der Waals surface area contributed by atoms with Crippen molar-refractivity contribution in [1.29, 1.82) is 0 Å². The molecular formula is C15H18N2O2. The number of ether oxygens (including phenoxy) is 2. The highest BCUT2D eigenvalue weighted by molar-refractivity contribution is 5.43. The van der Waals surface area contributed by atoms with Gasteiger partial charge >= 0.3 is 0 Å². The minimum Gasteiger partial charge on any atom is -0.490 e. The molecule has 0 saturated carbocycles. The van der Waals surface area contributed by atoms with Crippen molar-refractivity contribution in [2.45, 2.75) is 13.8 Å². The molecule has 1 heterocycles. The maximum absolute atomic E-state index is 5.77. The number of benzene rings is 1. The maximum atomic E-state index is 5.77. The lowest BCUT2D eigenvalue weighted by atomic mass is 10.3. The van der Waals surface area contributed by atoms with Crippen molar-refractivity contribution in [3.8, 4) is 17.4 Å². The van der Waals surface area contributed by atoms with Gasteiger partial charge in [0.15, 0.2) is 11.5 Å². The summed E-state index contributed by atoms with van der Waals surface area (Å²) in [6, 6.07) is 13.2. The fraction of sp³-hybridized carbons (Fsp3) is 0.267. The van der Waals surface area contributed by atoms with E-state index in [4.69, 9.17) is 9.47 Å². The van der Waals surface area contributed by atoms with Crippen molar-refractivity contribution < 1.29 is 9.47 Å². The third-order valence-corrected chi connectivity index (χ3v) is 2.44. The van der Waals surface area contributed by atoms with Crippen molar-refractivity contribution >= 4 is 5.82 Å². The molecule has 0 aliphatic rings. The minimum absolute atomic E-state index is 0.547. The Balaban J connectivity index is 2.18. The number of aromatic nitrogens is 1. The summed E-state index contributed by atoms with van der Waals surface area (Å²) in [5, 5.41) is 3.15. The number of rotatable bonds is 6. The largest absolute Gasteiger partial charge is 0.490 e. The molecule has 0 atom stereocenters. The second-order valence-corrected chi connectivity index (χ2v) is 3.87. The van der Waals surface area contributed by atoms with Gasteiger partial charge in [0.1, 0.15) is 5.82 Å². The van der Waals surface area contributed by atoms with Crippen LogP contribution in [0.1, 0.15) is 13.8 Å². The highest BCUT2D eigenvalue weighted by atomic mass is 16.5. The first-order valence-electron chi connectivity index (χ1n) is 6.44. The molecule has 2 rings (SSSR count). The number of pyridine rings is 1. The molecule has 100 valence electrons. The molecule has 0 amide bonds. The van der Waals surface area contributed by atoms with E-state index in [1.807, 2.05) is 56.3 Å². The molecule has 0 aliphatic carbocycles. The molecule has 19 heavy (non-hydrogen) atoms. The quantitative estimate of drug-likeness (QED) is 0.857. The summed E-state index contributed by atoms with van der Waals surface area (Å²) in [7, 11) is 0. The van der Waals surface area contributed by atoms with Crippen LogP contribution in [-0.2, 0) is 0 Å². The number of nitrogens with zero attached hydrogens (tertiary/aromatic N) is 1. The molecule has 4 heteroatoms. The number of nitrogens with one attached hydrogen (secondary N) is 1. The number of hydrogen-bond donors (Lipinski definition) is 1. The van der Waals surface area contributed by atoms with Crippen molar-refractivity contribution in [2.24, 2.45) is 0 Å².